The van der Waals surface area contributed by atoms with E-state index in [-0.39, 0.29) is 23.8 Å². The molecule has 0 atom stereocenters. The minimum Gasteiger partial charge on any atom is -0.392 e. The van der Waals surface area contributed by atoms with Crippen LogP contribution in [0.3, 0.4) is 0 Å². The molecule has 148 valence electrons. The van der Waals surface area contributed by atoms with E-state index in [4.69, 9.17) is 0 Å². The molecule has 28 heavy (non-hydrogen) atoms. The number of nitrogens with one attached hydrogen (secondary N) is 1. The third-order valence-electron chi connectivity index (χ3n) is 4.49. The number of rotatable bonds is 7. The maximum atomic E-state index is 13.2. The van der Waals surface area contributed by atoms with Crippen molar-refractivity contribution in [2.75, 3.05) is 6.54 Å². The van der Waals surface area contributed by atoms with Gasteiger partial charge in [-0.05, 0) is 36.6 Å². The molecule has 1 amide bonds. The van der Waals surface area contributed by atoms with Crippen LogP contribution in [0.2, 0.25) is 0 Å². The summed E-state index contributed by atoms with van der Waals surface area (Å²) in [6.07, 6.45) is 3.91. The van der Waals surface area contributed by atoms with Crippen LogP contribution in [0.15, 0.2) is 41.5 Å². The average molecular weight is 386 g/mol. The van der Waals surface area contributed by atoms with Crippen LogP contribution in [0.1, 0.15) is 25.8 Å². The lowest BCUT2D eigenvalue weighted by Gasteiger charge is -2.09. The molecule has 0 fully saturated rings. The Kier molecular flexibility index (Phi) is 5.89. The first kappa shape index (κ1) is 19.8. The van der Waals surface area contributed by atoms with Crippen molar-refractivity contribution in [3.63, 3.8) is 0 Å². The molecule has 2 aromatic heterocycles. The number of amides is 1. The summed E-state index contributed by atoms with van der Waals surface area (Å²) in [5, 5.41) is 17.0. The van der Waals surface area contributed by atoms with Crippen LogP contribution < -0.4 is 10.9 Å². The number of aliphatic hydroxyl groups excluding tert-OH is 1. The van der Waals surface area contributed by atoms with Crippen LogP contribution in [0.5, 0.6) is 0 Å². The van der Waals surface area contributed by atoms with Crippen molar-refractivity contribution in [3.05, 3.63) is 58.4 Å². The Balaban J connectivity index is 1.93. The van der Waals surface area contributed by atoms with Crippen LogP contribution >= 0.6 is 0 Å². The summed E-state index contributed by atoms with van der Waals surface area (Å²) in [7, 11) is 0. The van der Waals surface area contributed by atoms with Crippen LogP contribution in [0.25, 0.3) is 16.8 Å². The van der Waals surface area contributed by atoms with Crippen molar-refractivity contribution in [3.8, 4) is 11.3 Å². The average Bonchev–Trinajstić information content (AvgIpc) is 3.03. The molecule has 0 aliphatic carbocycles. The molecule has 0 saturated heterocycles. The summed E-state index contributed by atoms with van der Waals surface area (Å²) in [5.41, 5.74) is 1.10. The van der Waals surface area contributed by atoms with E-state index < -0.39 is 12.2 Å². The molecule has 7 nitrogen and oxygen atoms in total. The molecule has 0 saturated carbocycles. The quantitative estimate of drug-likeness (QED) is 0.650. The van der Waals surface area contributed by atoms with E-state index in [9.17, 15) is 19.1 Å². The Labute approximate surface area is 161 Å². The van der Waals surface area contributed by atoms with Crippen LogP contribution in [-0.4, -0.2) is 31.7 Å². The van der Waals surface area contributed by atoms with Crippen molar-refractivity contribution < 1.29 is 14.3 Å². The Morgan fingerprint density at radius 1 is 1.25 bits per heavy atom. The van der Waals surface area contributed by atoms with Gasteiger partial charge in [-0.25, -0.2) is 8.91 Å². The highest BCUT2D eigenvalue weighted by Gasteiger charge is 2.18. The maximum Gasteiger partial charge on any atom is 0.277 e. The Morgan fingerprint density at radius 3 is 2.61 bits per heavy atom. The number of nitrogens with zero attached hydrogens (tertiary/aromatic N) is 3. The Hall–Kier alpha value is -3.00. The third-order valence-corrected chi connectivity index (χ3v) is 4.49. The number of aromatic nitrogens is 3. The topological polar surface area (TPSA) is 88.6 Å². The molecular weight excluding hydrogens is 363 g/mol. The van der Waals surface area contributed by atoms with Gasteiger partial charge >= 0.3 is 0 Å². The van der Waals surface area contributed by atoms with E-state index in [1.807, 2.05) is 0 Å². The molecule has 2 heterocycles. The first-order valence-corrected chi connectivity index (χ1v) is 9.15. The second-order valence-electron chi connectivity index (χ2n) is 7.05. The van der Waals surface area contributed by atoms with Gasteiger partial charge in [-0.15, -0.1) is 0 Å². The number of aliphatic hydroxyl groups is 1. The SMILES string of the molecule is CC(C)CCNC(=O)Cn1ccn2nc(-c3ccc(F)cc3)c(CO)c2c1=O. The van der Waals surface area contributed by atoms with E-state index in [2.05, 4.69) is 24.3 Å². The summed E-state index contributed by atoms with van der Waals surface area (Å²) < 4.78 is 15.9. The van der Waals surface area contributed by atoms with Crippen LogP contribution in [0.4, 0.5) is 4.39 Å². The predicted molar refractivity (Wildman–Crippen MR) is 103 cm³/mol. The smallest absolute Gasteiger partial charge is 0.277 e. The van der Waals surface area contributed by atoms with Crippen molar-refractivity contribution in [2.45, 2.75) is 33.4 Å². The molecular formula is C20H23FN4O3. The minimum atomic E-state index is -0.425. The molecule has 2 N–H and O–H groups in total. The largest absolute Gasteiger partial charge is 0.392 e. The molecule has 0 spiro atoms. The number of hydrogen-bond donors (Lipinski definition) is 2. The zero-order chi connectivity index (χ0) is 20.3. The first-order chi connectivity index (χ1) is 13.4. The molecule has 3 aromatic rings. The first-order valence-electron chi connectivity index (χ1n) is 9.15. The molecule has 0 radical (unpaired) electrons. The summed E-state index contributed by atoms with van der Waals surface area (Å²) in [6.45, 7) is 4.17. The Bertz CT molecular complexity index is 1040. The van der Waals surface area contributed by atoms with Crippen molar-refractivity contribution in [2.24, 2.45) is 5.92 Å². The highest BCUT2D eigenvalue weighted by atomic mass is 19.1. The van der Waals surface area contributed by atoms with Gasteiger partial charge in [-0.3, -0.25) is 9.59 Å². The van der Waals surface area contributed by atoms with E-state index in [0.717, 1.165) is 6.42 Å². The van der Waals surface area contributed by atoms with Gasteiger partial charge in [0, 0.05) is 30.1 Å². The normalized spacial score (nSPS) is 11.3. The molecule has 1 aromatic carbocycles. The van der Waals surface area contributed by atoms with Gasteiger partial charge < -0.3 is 15.0 Å². The van der Waals surface area contributed by atoms with Crippen molar-refractivity contribution >= 4 is 11.4 Å². The third kappa shape index (κ3) is 4.12. The monoisotopic (exact) mass is 386 g/mol. The number of carbonyl (C=O) groups is 1. The van der Waals surface area contributed by atoms with E-state index in [1.54, 1.807) is 6.20 Å². The summed E-state index contributed by atoms with van der Waals surface area (Å²) in [5.74, 6) is -0.164. The van der Waals surface area contributed by atoms with E-state index in [0.29, 0.717) is 29.3 Å². The molecule has 3 rings (SSSR count). The van der Waals surface area contributed by atoms with Gasteiger partial charge in [0.2, 0.25) is 5.91 Å². The molecule has 0 bridgehead atoms. The van der Waals surface area contributed by atoms with Gasteiger partial charge in [-0.1, -0.05) is 13.8 Å². The lowest BCUT2D eigenvalue weighted by Crippen LogP contribution is -2.33. The van der Waals surface area contributed by atoms with Gasteiger partial charge in [0.05, 0.1) is 12.3 Å². The number of halogens is 1. The zero-order valence-electron chi connectivity index (χ0n) is 15.9. The minimum absolute atomic E-state index is 0.116. The second-order valence-corrected chi connectivity index (χ2v) is 7.05. The molecule has 8 heteroatoms. The number of fused-ring (bicyclic) bond motifs is 1. The summed E-state index contributed by atoms with van der Waals surface area (Å²) in [6, 6.07) is 5.66. The fraction of sp³-hybridized carbons (Fsp3) is 0.350. The fourth-order valence-corrected chi connectivity index (χ4v) is 2.98. The number of carbonyl (C=O) groups excluding carboxylic acids is 1. The molecule has 0 unspecified atom stereocenters. The number of benzene rings is 1. The maximum absolute atomic E-state index is 13.2. The highest BCUT2D eigenvalue weighted by molar-refractivity contribution is 5.76. The van der Waals surface area contributed by atoms with E-state index >= 15 is 0 Å². The lowest BCUT2D eigenvalue weighted by molar-refractivity contribution is -0.121. The van der Waals surface area contributed by atoms with Crippen LogP contribution in [0, 0.1) is 11.7 Å². The predicted octanol–water partition coefficient (Wildman–Crippen LogP) is 1.96. The van der Waals surface area contributed by atoms with Crippen LogP contribution in [-0.2, 0) is 17.9 Å². The van der Waals surface area contributed by atoms with Crippen molar-refractivity contribution in [1.29, 1.82) is 0 Å². The standard InChI is InChI=1S/C20H23FN4O3/c1-13(2)7-8-22-17(27)11-24-9-10-25-19(20(24)28)16(12-26)18(23-25)14-3-5-15(21)6-4-14/h3-6,9-10,13,26H,7-8,11-12H2,1-2H3,(H,22,27). The Morgan fingerprint density at radius 2 is 1.96 bits per heavy atom. The summed E-state index contributed by atoms with van der Waals surface area (Å²) in [4.78, 5) is 25.0. The second kappa shape index (κ2) is 8.35. The lowest BCUT2D eigenvalue weighted by atomic mass is 10.1. The number of hydrogen-bond acceptors (Lipinski definition) is 4. The van der Waals surface area contributed by atoms with E-state index in [1.165, 1.54) is 39.5 Å². The highest BCUT2D eigenvalue weighted by Crippen LogP contribution is 2.25. The molecule has 0 aliphatic heterocycles. The van der Waals surface area contributed by atoms with Gasteiger partial charge in [0.15, 0.2) is 0 Å². The van der Waals surface area contributed by atoms with Gasteiger partial charge in [-0.2, -0.15) is 5.10 Å². The van der Waals surface area contributed by atoms with Gasteiger partial charge in [0.25, 0.3) is 5.56 Å². The van der Waals surface area contributed by atoms with Crippen molar-refractivity contribution in [1.82, 2.24) is 19.5 Å². The summed E-state index contributed by atoms with van der Waals surface area (Å²) >= 11 is 0. The van der Waals surface area contributed by atoms with Gasteiger partial charge in [0.1, 0.15) is 17.9 Å². The molecule has 0 aliphatic rings. The zero-order valence-corrected chi connectivity index (χ0v) is 15.9. The fourth-order valence-electron chi connectivity index (χ4n) is 2.98.